The number of hydrogen-bond donors (Lipinski definition) is 1. The molecule has 0 aliphatic heterocycles. The van der Waals surface area contributed by atoms with Crippen LogP contribution in [0.5, 0.6) is 5.75 Å². The van der Waals surface area contributed by atoms with Gasteiger partial charge >= 0.3 is 0 Å². The number of benzene rings is 6. The normalized spacial score (nSPS) is 14.7. The summed E-state index contributed by atoms with van der Waals surface area (Å²) < 4.78 is 88.7. The van der Waals surface area contributed by atoms with Crippen molar-refractivity contribution in [3.63, 3.8) is 0 Å². The van der Waals surface area contributed by atoms with Crippen LogP contribution in [0.4, 0.5) is 0 Å². The largest absolute Gasteiger partial charge is 0.507 e. The topological polar surface area (TPSA) is 50.9 Å². The van der Waals surface area contributed by atoms with Crippen LogP contribution in [0.15, 0.2) is 140 Å². The Hall–Kier alpha value is -5.57. The molecule has 8 rings (SSSR count). The Bertz CT molecular complexity index is 3210. The van der Waals surface area contributed by atoms with E-state index in [1.54, 1.807) is 87.0 Å². The van der Waals surface area contributed by atoms with E-state index in [9.17, 15) is 5.11 Å². The molecule has 0 saturated heterocycles. The molecular formula is C53H50N3OPt-. The number of aromatic nitrogens is 3. The predicted molar refractivity (Wildman–Crippen MR) is 238 cm³/mol. The number of phenols is 1. The molecule has 6 aromatic carbocycles. The molecular weight excluding hydrogens is 890 g/mol. The van der Waals surface area contributed by atoms with Crippen LogP contribution in [0.3, 0.4) is 0 Å². The van der Waals surface area contributed by atoms with Crippen molar-refractivity contribution in [3.8, 4) is 67.5 Å². The second-order valence-electron chi connectivity index (χ2n) is 15.8. The molecule has 0 bridgehead atoms. The van der Waals surface area contributed by atoms with Gasteiger partial charge < -0.3 is 5.11 Å². The molecule has 294 valence electrons. The van der Waals surface area contributed by atoms with Gasteiger partial charge in [-0.3, -0.25) is 9.55 Å². The molecule has 8 aromatic rings. The van der Waals surface area contributed by atoms with Gasteiger partial charge in [-0.1, -0.05) is 144 Å². The summed E-state index contributed by atoms with van der Waals surface area (Å²) in [5.41, 5.74) is 7.57. The maximum absolute atomic E-state index is 11.4. The Balaban J connectivity index is 0.00000684. The van der Waals surface area contributed by atoms with Crippen LogP contribution in [-0.2, 0) is 26.5 Å². The minimum Gasteiger partial charge on any atom is -0.507 e. The van der Waals surface area contributed by atoms with E-state index < -0.39 is 36.8 Å². The van der Waals surface area contributed by atoms with Crippen LogP contribution in [0.1, 0.15) is 96.2 Å². The number of rotatable bonds is 8. The van der Waals surface area contributed by atoms with Crippen LogP contribution < -0.4 is 0 Å². The third-order valence-electron chi connectivity index (χ3n) is 10.3. The second-order valence-corrected chi connectivity index (χ2v) is 15.8. The van der Waals surface area contributed by atoms with Gasteiger partial charge in [-0.15, -0.1) is 29.3 Å². The van der Waals surface area contributed by atoms with Gasteiger partial charge in [0.2, 0.25) is 0 Å². The van der Waals surface area contributed by atoms with Crippen molar-refractivity contribution in [1.82, 2.24) is 14.5 Å². The smallest absolute Gasteiger partial charge is 0.148 e. The third kappa shape index (κ3) is 7.71. The van der Waals surface area contributed by atoms with Gasteiger partial charge in [0.1, 0.15) is 11.6 Å². The summed E-state index contributed by atoms with van der Waals surface area (Å²) >= 11 is 0. The first-order valence-corrected chi connectivity index (χ1v) is 19.0. The summed E-state index contributed by atoms with van der Waals surface area (Å²) in [4.78, 5) is 9.90. The molecule has 0 fully saturated rings. The van der Waals surface area contributed by atoms with E-state index in [0.717, 1.165) is 5.56 Å². The van der Waals surface area contributed by atoms with Crippen molar-refractivity contribution in [2.45, 2.75) is 72.5 Å². The molecule has 2 heterocycles. The number of hydrogen-bond acceptors (Lipinski definition) is 3. The van der Waals surface area contributed by atoms with E-state index in [2.05, 4.69) is 31.8 Å². The zero-order valence-electron chi connectivity index (χ0n) is 43.5. The molecule has 0 atom stereocenters. The van der Waals surface area contributed by atoms with E-state index >= 15 is 0 Å². The molecule has 0 amide bonds. The van der Waals surface area contributed by atoms with Crippen LogP contribution >= 0.6 is 0 Å². The van der Waals surface area contributed by atoms with E-state index in [0.29, 0.717) is 78.3 Å². The minimum atomic E-state index is -2.65. The van der Waals surface area contributed by atoms with Crippen molar-refractivity contribution in [1.29, 1.82) is 0 Å². The number of aromatic hydroxyl groups is 1. The Morgan fingerprint density at radius 2 is 1.43 bits per heavy atom. The summed E-state index contributed by atoms with van der Waals surface area (Å²) in [5, 5.41) is 11.4. The molecule has 0 unspecified atom stereocenters. The maximum atomic E-state index is 11.4. The minimum absolute atomic E-state index is 0. The molecule has 0 aliphatic carbocycles. The van der Waals surface area contributed by atoms with Crippen molar-refractivity contribution in [3.05, 3.63) is 168 Å². The molecule has 5 heteroatoms. The van der Waals surface area contributed by atoms with Crippen molar-refractivity contribution in [2.75, 3.05) is 0 Å². The summed E-state index contributed by atoms with van der Waals surface area (Å²) in [5.74, 6) is -1.92. The predicted octanol–water partition coefficient (Wildman–Crippen LogP) is 14.1. The number of aryl methyl sites for hydroxylation is 1. The zero-order chi connectivity index (χ0) is 48.7. The Labute approximate surface area is 372 Å². The third-order valence-corrected chi connectivity index (χ3v) is 10.3. The van der Waals surface area contributed by atoms with Crippen molar-refractivity contribution >= 4 is 11.0 Å². The van der Waals surface area contributed by atoms with Gasteiger partial charge in [0.15, 0.2) is 0 Å². The fourth-order valence-electron chi connectivity index (χ4n) is 7.40. The zero-order valence-corrected chi connectivity index (χ0v) is 35.8. The van der Waals surface area contributed by atoms with Crippen LogP contribution in [-0.4, -0.2) is 19.6 Å². The van der Waals surface area contributed by atoms with Gasteiger partial charge in [-0.05, 0) is 99.4 Å². The van der Waals surface area contributed by atoms with Crippen LogP contribution in [0.25, 0.3) is 72.7 Å². The number of imidazole rings is 1. The number of nitrogens with zero attached hydrogens (tertiary/aromatic N) is 3. The fourth-order valence-corrected chi connectivity index (χ4v) is 7.40. The first-order chi connectivity index (χ1) is 31.3. The van der Waals surface area contributed by atoms with E-state index in [4.69, 9.17) is 18.7 Å². The second kappa shape index (κ2) is 16.4. The SMILES string of the molecule is [2H]c1c([2H])c([2H])c(-c2ccnc(-c3[c-]c(-c4cccc5c4nc(-c4ccccc4O)n5-c4ccc(-c5c(C([2H])(C)C)cccc5C([2H])(C)C)cc4C([2H])([2H])[2H])cc(C(C)(C)C)c3)c2)c([2H])c1[2H].[Pt]. The summed E-state index contributed by atoms with van der Waals surface area (Å²) in [6.45, 7) is 10.7. The fraction of sp³-hybridized carbons (Fsp3) is 0.208. The number of pyridine rings is 1. The molecule has 58 heavy (non-hydrogen) atoms. The summed E-state index contributed by atoms with van der Waals surface area (Å²) in [6.07, 6.45) is 1.54. The summed E-state index contributed by atoms with van der Waals surface area (Å²) in [7, 11) is 0. The average molecular weight is 950 g/mol. The summed E-state index contributed by atoms with van der Waals surface area (Å²) in [6, 6.07) is 32.0. The van der Waals surface area contributed by atoms with Gasteiger partial charge in [0.05, 0.1) is 29.1 Å². The van der Waals surface area contributed by atoms with Crippen LogP contribution in [0, 0.1) is 12.9 Å². The quantitative estimate of drug-likeness (QED) is 0.154. The van der Waals surface area contributed by atoms with Gasteiger partial charge in [-0.25, -0.2) is 4.98 Å². The number of phenolic OH excluding ortho intramolecular Hbond substituents is 1. The Morgan fingerprint density at radius 1 is 0.741 bits per heavy atom. The first-order valence-electron chi connectivity index (χ1n) is 24.0. The molecule has 1 N–H and O–H groups in total. The monoisotopic (exact) mass is 949 g/mol. The number of fused-ring (bicyclic) bond motifs is 1. The molecule has 4 nitrogen and oxygen atoms in total. The molecule has 2 aromatic heterocycles. The maximum Gasteiger partial charge on any atom is 0.148 e. The van der Waals surface area contributed by atoms with Gasteiger partial charge in [-0.2, -0.15) is 0 Å². The van der Waals surface area contributed by atoms with Gasteiger partial charge in [0.25, 0.3) is 0 Å². The Morgan fingerprint density at radius 3 is 2.12 bits per heavy atom. The van der Waals surface area contributed by atoms with Crippen LogP contribution in [0.2, 0.25) is 0 Å². The molecule has 0 saturated carbocycles. The average Bonchev–Trinajstić information content (AvgIpc) is 3.65. The van der Waals surface area contributed by atoms with Crippen molar-refractivity contribution < 1.29 is 39.9 Å². The molecule has 0 spiro atoms. The van der Waals surface area contributed by atoms with Gasteiger partial charge in [0, 0.05) is 39.8 Å². The first kappa shape index (κ1) is 29.6. The number of para-hydroxylation sites is 2. The molecule has 0 aliphatic rings. The van der Waals surface area contributed by atoms with E-state index in [1.807, 2.05) is 54.6 Å². The van der Waals surface area contributed by atoms with Crippen molar-refractivity contribution in [2.24, 2.45) is 0 Å². The molecule has 0 radical (unpaired) electrons. The van der Waals surface area contributed by atoms with E-state index in [-0.39, 0.29) is 55.4 Å². The standard InChI is InChI=1S/C53H50N3O.Pt/c1-33(2)42-19-14-20-43(34(3)4)50(42)38-24-25-47(35(5)28-38)56-48-22-15-21-44(51(48)55-52(56)45-18-12-13-23-49(45)57)39-29-40(31-41(30-39)53(6,7)8)46-32-37(26-27-54-46)36-16-10-9-11-17-36;/h9-28,30-34,57H,1-8H3;/q-1;/i5D3,9D,10D,11D,16D,17D,33D,34D;. The van der Waals surface area contributed by atoms with E-state index in [1.165, 1.54) is 0 Å². The Kier molecular flexibility index (Phi) is 8.35.